The van der Waals surface area contributed by atoms with Gasteiger partial charge in [-0.25, -0.2) is 0 Å². The molecule has 0 rings (SSSR count). The van der Waals surface area contributed by atoms with Gasteiger partial charge in [-0.15, -0.1) is 6.42 Å². The fourth-order valence-electron chi connectivity index (χ4n) is 0.382. The molecule has 0 saturated heterocycles. The summed E-state index contributed by atoms with van der Waals surface area (Å²) < 4.78 is 0. The van der Waals surface area contributed by atoms with Crippen LogP contribution in [0.25, 0.3) is 0 Å². The third kappa shape index (κ3) is 2.67. The van der Waals surface area contributed by atoms with E-state index in [9.17, 15) is 4.79 Å². The van der Waals surface area contributed by atoms with Gasteiger partial charge in [0.2, 0.25) is 5.78 Å². The third-order valence-electron chi connectivity index (χ3n) is 0.978. The molecule has 1 nitrogen and oxygen atoms in total. The van der Waals surface area contributed by atoms with Crippen LogP contribution in [0.1, 0.15) is 13.8 Å². The molecular formula is C7H9BrO. The number of Topliss-reactive ketones (excluding diaryl/α,β-unsaturated/α-hetero) is 1. The number of hydrogen-bond donors (Lipinski definition) is 0. The number of hydrogen-bond acceptors (Lipinski definition) is 1. The number of alkyl halides is 1. The first-order valence-electron chi connectivity index (χ1n) is 2.74. The van der Waals surface area contributed by atoms with E-state index in [1.165, 1.54) is 0 Å². The molecule has 0 saturated carbocycles. The second-order valence-corrected chi connectivity index (χ2v) is 3.14. The van der Waals surface area contributed by atoms with Crippen LogP contribution < -0.4 is 0 Å². The van der Waals surface area contributed by atoms with Gasteiger partial charge in [0.25, 0.3) is 0 Å². The molecule has 0 aromatic rings. The fourth-order valence-corrected chi connectivity index (χ4v) is 0.515. The van der Waals surface area contributed by atoms with Crippen molar-refractivity contribution in [3.05, 3.63) is 0 Å². The highest BCUT2D eigenvalue weighted by atomic mass is 79.9. The monoisotopic (exact) mass is 188 g/mol. The molecule has 1 unspecified atom stereocenters. The van der Waals surface area contributed by atoms with Gasteiger partial charge in [-0.3, -0.25) is 4.79 Å². The number of rotatable bonds is 2. The zero-order chi connectivity index (χ0) is 7.44. The normalized spacial score (nSPS) is 12.8. The van der Waals surface area contributed by atoms with Crippen molar-refractivity contribution in [1.82, 2.24) is 0 Å². The van der Waals surface area contributed by atoms with Gasteiger partial charge in [-0.1, -0.05) is 29.8 Å². The Morgan fingerprint density at radius 3 is 2.22 bits per heavy atom. The molecule has 0 N–H and O–H groups in total. The Kier molecular flexibility index (Phi) is 3.56. The Bertz CT molecular complexity index is 143. The Morgan fingerprint density at radius 2 is 2.11 bits per heavy atom. The van der Waals surface area contributed by atoms with E-state index < -0.39 is 0 Å². The second-order valence-electron chi connectivity index (χ2n) is 2.15. The van der Waals surface area contributed by atoms with Crippen LogP contribution in [0.15, 0.2) is 0 Å². The molecule has 0 aromatic heterocycles. The predicted molar refractivity (Wildman–Crippen MR) is 41.4 cm³/mol. The second kappa shape index (κ2) is 3.68. The van der Waals surface area contributed by atoms with Gasteiger partial charge in [0.05, 0.1) is 4.83 Å². The first-order valence-corrected chi connectivity index (χ1v) is 3.65. The average Bonchev–Trinajstić information content (AvgIpc) is 1.84. The number of ketones is 1. The summed E-state index contributed by atoms with van der Waals surface area (Å²) in [5, 5.41) is 0. The number of terminal acetylenes is 1. The Hall–Kier alpha value is -0.290. The molecule has 0 aromatic carbocycles. The topological polar surface area (TPSA) is 17.1 Å². The number of carbonyl (C=O) groups excluding carboxylic acids is 1. The lowest BCUT2D eigenvalue weighted by molar-refractivity contribution is -0.113. The highest BCUT2D eigenvalue weighted by Crippen LogP contribution is 2.11. The van der Waals surface area contributed by atoms with E-state index >= 15 is 0 Å². The quantitative estimate of drug-likeness (QED) is 0.366. The van der Waals surface area contributed by atoms with E-state index in [-0.39, 0.29) is 16.5 Å². The van der Waals surface area contributed by atoms with Crippen LogP contribution in [-0.2, 0) is 4.79 Å². The highest BCUT2D eigenvalue weighted by Gasteiger charge is 2.15. The number of carbonyl (C=O) groups is 1. The minimum atomic E-state index is -0.178. The lowest BCUT2D eigenvalue weighted by Gasteiger charge is -2.06. The molecule has 0 spiro atoms. The lowest BCUT2D eigenvalue weighted by atomic mass is 10.1. The van der Waals surface area contributed by atoms with Gasteiger partial charge in [0, 0.05) is 0 Å². The molecule has 9 heavy (non-hydrogen) atoms. The van der Waals surface area contributed by atoms with Gasteiger partial charge >= 0.3 is 0 Å². The number of halogens is 1. The summed E-state index contributed by atoms with van der Waals surface area (Å²) in [5.41, 5.74) is 0. The summed E-state index contributed by atoms with van der Waals surface area (Å²) in [7, 11) is 0. The first kappa shape index (κ1) is 8.71. The van der Waals surface area contributed by atoms with E-state index in [0.29, 0.717) is 0 Å². The Balaban J connectivity index is 3.92. The smallest absolute Gasteiger partial charge is 0.219 e. The third-order valence-corrected chi connectivity index (χ3v) is 2.45. The van der Waals surface area contributed by atoms with Crippen molar-refractivity contribution in [3.8, 4) is 12.3 Å². The van der Waals surface area contributed by atoms with Crippen LogP contribution in [0.5, 0.6) is 0 Å². The summed E-state index contributed by atoms with van der Waals surface area (Å²) in [6.45, 7) is 3.88. The molecule has 0 fully saturated rings. The van der Waals surface area contributed by atoms with Crippen molar-refractivity contribution in [2.45, 2.75) is 18.7 Å². The molecule has 2 heteroatoms. The average molecular weight is 189 g/mol. The Morgan fingerprint density at radius 1 is 1.67 bits per heavy atom. The maximum atomic E-state index is 10.7. The Labute approximate surface area is 64.0 Å². The lowest BCUT2D eigenvalue weighted by Crippen LogP contribution is -2.17. The molecule has 0 aliphatic carbocycles. The SMILES string of the molecule is C#CC(=O)C(Br)C(C)C. The highest BCUT2D eigenvalue weighted by molar-refractivity contribution is 9.10. The molecule has 0 aliphatic rings. The fraction of sp³-hybridized carbons (Fsp3) is 0.571. The summed E-state index contributed by atoms with van der Waals surface area (Å²) in [5.74, 6) is 2.16. The van der Waals surface area contributed by atoms with Gasteiger partial charge < -0.3 is 0 Å². The summed E-state index contributed by atoms with van der Waals surface area (Å²) in [4.78, 5) is 10.5. The van der Waals surface area contributed by atoms with Crippen molar-refractivity contribution < 1.29 is 4.79 Å². The zero-order valence-electron chi connectivity index (χ0n) is 5.52. The molecule has 0 bridgehead atoms. The minimum Gasteiger partial charge on any atom is -0.284 e. The van der Waals surface area contributed by atoms with Gasteiger partial charge in [0.15, 0.2) is 0 Å². The minimum absolute atomic E-state index is 0.176. The van der Waals surface area contributed by atoms with Crippen LogP contribution >= 0.6 is 15.9 Å². The summed E-state index contributed by atoms with van der Waals surface area (Å²) in [6, 6.07) is 0. The molecule has 0 heterocycles. The van der Waals surface area contributed by atoms with Crippen LogP contribution in [-0.4, -0.2) is 10.6 Å². The standard InChI is InChI=1S/C7H9BrO/c1-4-6(9)7(8)5(2)3/h1,5,7H,2-3H3. The molecule has 0 aliphatic heterocycles. The molecule has 1 atom stereocenters. The molecule has 0 radical (unpaired) electrons. The predicted octanol–water partition coefficient (Wildman–Crippen LogP) is 1.61. The van der Waals surface area contributed by atoms with E-state index in [1.807, 2.05) is 13.8 Å². The maximum absolute atomic E-state index is 10.7. The van der Waals surface area contributed by atoms with Gasteiger partial charge in [0.1, 0.15) is 0 Å². The van der Waals surface area contributed by atoms with Gasteiger partial charge in [-0.05, 0) is 11.8 Å². The van der Waals surface area contributed by atoms with E-state index in [4.69, 9.17) is 6.42 Å². The van der Waals surface area contributed by atoms with Crippen LogP contribution in [0.3, 0.4) is 0 Å². The summed E-state index contributed by atoms with van der Waals surface area (Å²) >= 11 is 3.18. The molecule has 50 valence electrons. The van der Waals surface area contributed by atoms with Crippen molar-refractivity contribution in [3.63, 3.8) is 0 Å². The molecular weight excluding hydrogens is 180 g/mol. The maximum Gasteiger partial charge on any atom is 0.219 e. The van der Waals surface area contributed by atoms with E-state index in [0.717, 1.165) is 0 Å². The van der Waals surface area contributed by atoms with E-state index in [1.54, 1.807) is 0 Å². The molecule has 0 amide bonds. The van der Waals surface area contributed by atoms with Crippen molar-refractivity contribution >= 4 is 21.7 Å². The largest absolute Gasteiger partial charge is 0.284 e. The zero-order valence-corrected chi connectivity index (χ0v) is 7.10. The van der Waals surface area contributed by atoms with Crippen LogP contribution in [0.4, 0.5) is 0 Å². The van der Waals surface area contributed by atoms with Crippen LogP contribution in [0.2, 0.25) is 0 Å². The van der Waals surface area contributed by atoms with E-state index in [2.05, 4.69) is 21.9 Å². The van der Waals surface area contributed by atoms with Crippen molar-refractivity contribution in [1.29, 1.82) is 0 Å². The first-order chi connectivity index (χ1) is 4.09. The van der Waals surface area contributed by atoms with Crippen LogP contribution in [0, 0.1) is 18.3 Å². The van der Waals surface area contributed by atoms with Crippen molar-refractivity contribution in [2.24, 2.45) is 5.92 Å². The van der Waals surface area contributed by atoms with Gasteiger partial charge in [-0.2, -0.15) is 0 Å². The van der Waals surface area contributed by atoms with Crippen molar-refractivity contribution in [2.75, 3.05) is 0 Å². The summed E-state index contributed by atoms with van der Waals surface area (Å²) in [6.07, 6.45) is 4.88.